The van der Waals surface area contributed by atoms with Gasteiger partial charge in [0.05, 0.1) is 0 Å². The van der Waals surface area contributed by atoms with Gasteiger partial charge < -0.3 is 5.11 Å². The zero-order valence-electron chi connectivity index (χ0n) is 12.9. The number of carboxylic acids is 1. The van der Waals surface area contributed by atoms with Gasteiger partial charge in [-0.25, -0.2) is 4.79 Å². The van der Waals surface area contributed by atoms with E-state index in [1.807, 2.05) is 11.3 Å². The first kappa shape index (κ1) is 26.5. The van der Waals surface area contributed by atoms with Gasteiger partial charge in [0.1, 0.15) is 4.88 Å². The maximum absolute atomic E-state index is 10.1. The van der Waals surface area contributed by atoms with Gasteiger partial charge in [-0.3, -0.25) is 0 Å². The lowest BCUT2D eigenvalue weighted by Gasteiger charge is -1.90. The minimum Gasteiger partial charge on any atom is -0.477 e. The van der Waals surface area contributed by atoms with Gasteiger partial charge in [0.2, 0.25) is 0 Å². The number of aromatic carboxylic acids is 1. The molecular formula is C17H25Br3O2S2. The van der Waals surface area contributed by atoms with Gasteiger partial charge in [-0.15, -0.1) is 22.7 Å². The topological polar surface area (TPSA) is 37.3 Å². The minimum atomic E-state index is -0.847. The summed E-state index contributed by atoms with van der Waals surface area (Å²) in [5.74, 6) is -0.847. The zero-order valence-corrected chi connectivity index (χ0v) is 19.3. The lowest BCUT2D eigenvalue weighted by atomic mass is 10.3. The van der Waals surface area contributed by atoms with E-state index < -0.39 is 5.97 Å². The number of carbonyl (C=O) groups is 1. The predicted octanol–water partition coefficient (Wildman–Crippen LogP) is 7.63. The van der Waals surface area contributed by atoms with E-state index >= 15 is 0 Å². The first-order valence-corrected chi connectivity index (χ1v) is 12.1. The molecule has 0 saturated carbocycles. The second-order valence-corrected chi connectivity index (χ2v) is 9.02. The van der Waals surface area contributed by atoms with Crippen molar-refractivity contribution in [2.45, 2.75) is 33.6 Å². The Hall–Kier alpha value is 0.310. The van der Waals surface area contributed by atoms with Crippen molar-refractivity contribution >= 4 is 76.4 Å². The lowest BCUT2D eigenvalue weighted by Crippen LogP contribution is -1.89. The van der Waals surface area contributed by atoms with E-state index in [1.165, 1.54) is 40.4 Å². The maximum atomic E-state index is 10.1. The van der Waals surface area contributed by atoms with E-state index in [-0.39, 0.29) is 7.43 Å². The van der Waals surface area contributed by atoms with Crippen molar-refractivity contribution in [2.24, 2.45) is 0 Å². The average molecular weight is 565 g/mol. The summed E-state index contributed by atoms with van der Waals surface area (Å²) in [6.07, 6.45) is 3.70. The van der Waals surface area contributed by atoms with Crippen molar-refractivity contribution in [3.63, 3.8) is 0 Å². The van der Waals surface area contributed by atoms with Gasteiger partial charge in [0.25, 0.3) is 0 Å². The predicted molar refractivity (Wildman–Crippen MR) is 121 cm³/mol. The molecule has 24 heavy (non-hydrogen) atoms. The molecule has 0 unspecified atom stereocenters. The molecule has 2 aromatic heterocycles. The number of halogens is 3. The molecule has 2 aromatic rings. The molecule has 0 amide bonds. The summed E-state index contributed by atoms with van der Waals surface area (Å²) in [6.45, 7) is 2.16. The van der Waals surface area contributed by atoms with Gasteiger partial charge in [-0.05, 0) is 49.8 Å². The number of hydrogen-bond acceptors (Lipinski definition) is 3. The Bertz CT molecular complexity index is 512. The van der Waals surface area contributed by atoms with Crippen LogP contribution in [0.1, 0.15) is 39.7 Å². The average Bonchev–Trinajstić information content (AvgIpc) is 3.19. The summed E-state index contributed by atoms with van der Waals surface area (Å²) < 4.78 is 0. The van der Waals surface area contributed by atoms with Crippen LogP contribution in [0, 0.1) is 6.92 Å². The highest BCUT2D eigenvalue weighted by Crippen LogP contribution is 2.16. The third-order valence-electron chi connectivity index (χ3n) is 2.35. The van der Waals surface area contributed by atoms with E-state index in [1.54, 1.807) is 17.5 Å². The van der Waals surface area contributed by atoms with Gasteiger partial charge >= 0.3 is 5.97 Å². The first-order valence-electron chi connectivity index (χ1n) is 7.05. The van der Waals surface area contributed by atoms with Crippen LogP contribution in [0.3, 0.4) is 0 Å². The van der Waals surface area contributed by atoms with Crippen molar-refractivity contribution in [1.82, 2.24) is 0 Å². The molecule has 7 heteroatoms. The SMILES string of the molecule is BrCCCBr.C.Cc1ccc(CCCBr)s1.O=C(O)c1cccs1. The summed E-state index contributed by atoms with van der Waals surface area (Å²) >= 11 is 13.1. The largest absolute Gasteiger partial charge is 0.477 e. The van der Waals surface area contributed by atoms with E-state index in [2.05, 4.69) is 66.8 Å². The smallest absolute Gasteiger partial charge is 0.345 e. The van der Waals surface area contributed by atoms with Crippen LogP contribution in [0.5, 0.6) is 0 Å². The molecule has 138 valence electrons. The summed E-state index contributed by atoms with van der Waals surface area (Å²) in [5, 5.41) is 13.4. The Labute approximate surface area is 179 Å². The maximum Gasteiger partial charge on any atom is 0.345 e. The molecule has 1 N–H and O–H groups in total. The lowest BCUT2D eigenvalue weighted by molar-refractivity contribution is 0.0702. The van der Waals surface area contributed by atoms with Gasteiger partial charge in [-0.2, -0.15) is 0 Å². The minimum absolute atomic E-state index is 0. The van der Waals surface area contributed by atoms with Crippen LogP contribution in [-0.4, -0.2) is 27.1 Å². The summed E-state index contributed by atoms with van der Waals surface area (Å²) in [5.41, 5.74) is 0. The molecule has 0 fully saturated rings. The number of rotatable bonds is 6. The normalized spacial score (nSPS) is 9.00. The van der Waals surface area contributed by atoms with Gasteiger partial charge in [0, 0.05) is 25.7 Å². The van der Waals surface area contributed by atoms with E-state index in [4.69, 9.17) is 5.11 Å². The monoisotopic (exact) mass is 562 g/mol. The van der Waals surface area contributed by atoms with Crippen molar-refractivity contribution in [3.05, 3.63) is 44.3 Å². The van der Waals surface area contributed by atoms with Crippen LogP contribution in [0.15, 0.2) is 29.6 Å². The zero-order chi connectivity index (χ0) is 17.5. The Kier molecular flexibility index (Phi) is 20.0. The highest BCUT2D eigenvalue weighted by Gasteiger charge is 1.99. The molecule has 0 saturated heterocycles. The second kappa shape index (κ2) is 18.1. The first-order chi connectivity index (χ1) is 11.0. The number of carboxylic acid groups (broad SMARTS) is 1. The number of thiophene rings is 2. The van der Waals surface area contributed by atoms with Gasteiger partial charge in [0.15, 0.2) is 0 Å². The molecule has 0 aliphatic rings. The summed E-state index contributed by atoms with van der Waals surface area (Å²) in [4.78, 5) is 13.4. The number of hydrogen-bond donors (Lipinski definition) is 1. The molecule has 2 heterocycles. The molecule has 0 aliphatic carbocycles. The standard InChI is InChI=1S/C8H11BrS.C5H4O2S.C3H6Br2.CH4/c1-7-4-5-8(10-7)3-2-6-9;6-5(7)4-2-1-3-8-4;4-2-1-3-5;/h4-5H,2-3,6H2,1H3;1-3H,(H,6,7);1-3H2;1H4. The quantitative estimate of drug-likeness (QED) is 0.366. The molecule has 2 rings (SSSR count). The van der Waals surface area contributed by atoms with E-state index in [0.717, 1.165) is 16.0 Å². The molecule has 0 bridgehead atoms. The molecule has 0 radical (unpaired) electrons. The Morgan fingerprint density at radius 1 is 1.08 bits per heavy atom. The Morgan fingerprint density at radius 3 is 2.00 bits per heavy atom. The number of alkyl halides is 3. The molecule has 0 atom stereocenters. The fourth-order valence-electron chi connectivity index (χ4n) is 1.31. The molecule has 0 spiro atoms. The molecule has 0 aromatic carbocycles. The van der Waals surface area contributed by atoms with Gasteiger partial charge in [-0.1, -0.05) is 61.3 Å². The van der Waals surface area contributed by atoms with Crippen molar-refractivity contribution < 1.29 is 9.90 Å². The van der Waals surface area contributed by atoms with Crippen LogP contribution < -0.4 is 0 Å². The van der Waals surface area contributed by atoms with Crippen LogP contribution in [0.2, 0.25) is 0 Å². The van der Waals surface area contributed by atoms with Crippen LogP contribution in [-0.2, 0) is 6.42 Å². The molecule has 0 aliphatic heterocycles. The summed E-state index contributed by atoms with van der Waals surface area (Å²) in [6, 6.07) is 7.71. The van der Waals surface area contributed by atoms with Crippen molar-refractivity contribution in [2.75, 3.05) is 16.0 Å². The van der Waals surface area contributed by atoms with E-state index in [9.17, 15) is 4.79 Å². The Morgan fingerprint density at radius 2 is 1.71 bits per heavy atom. The van der Waals surface area contributed by atoms with Crippen LogP contribution >= 0.6 is 70.5 Å². The molecule has 2 nitrogen and oxygen atoms in total. The molecular weight excluding hydrogens is 540 g/mol. The third kappa shape index (κ3) is 14.6. The van der Waals surface area contributed by atoms with Crippen molar-refractivity contribution in [1.29, 1.82) is 0 Å². The van der Waals surface area contributed by atoms with E-state index in [0.29, 0.717) is 4.88 Å². The fraction of sp³-hybridized carbons (Fsp3) is 0.471. The fourth-order valence-corrected chi connectivity index (χ4v) is 4.40. The van der Waals surface area contributed by atoms with Crippen molar-refractivity contribution in [3.8, 4) is 0 Å². The van der Waals surface area contributed by atoms with Crippen LogP contribution in [0.25, 0.3) is 0 Å². The van der Waals surface area contributed by atoms with Crippen LogP contribution in [0.4, 0.5) is 0 Å². The highest BCUT2D eigenvalue weighted by atomic mass is 79.9. The number of aryl methyl sites for hydroxylation is 2. The highest BCUT2D eigenvalue weighted by molar-refractivity contribution is 9.09. The Balaban J connectivity index is 0. The second-order valence-electron chi connectivity index (χ2n) is 4.32. The summed E-state index contributed by atoms with van der Waals surface area (Å²) in [7, 11) is 0. The third-order valence-corrected chi connectivity index (χ3v) is 5.95.